The molecule has 0 spiro atoms. The molecular formula is C24H30N6O4S. The fourth-order valence-corrected chi connectivity index (χ4v) is 4.76. The van der Waals surface area contributed by atoms with Crippen LogP contribution in [0.25, 0.3) is 11.8 Å². The minimum absolute atomic E-state index is 0.136. The molecule has 0 unspecified atom stereocenters. The van der Waals surface area contributed by atoms with Gasteiger partial charge in [0.1, 0.15) is 15.3 Å². The Kier molecular flexibility index (Phi) is 9.46. The number of ether oxygens (including phenoxy) is 1. The molecule has 0 bridgehead atoms. The molecule has 1 fully saturated rings. The normalized spacial score (nSPS) is 14.8. The summed E-state index contributed by atoms with van der Waals surface area (Å²) in [6.45, 7) is 7.50. The van der Waals surface area contributed by atoms with Crippen LogP contribution >= 0.6 is 11.3 Å². The van der Waals surface area contributed by atoms with Gasteiger partial charge < -0.3 is 25.6 Å². The average molecular weight is 499 g/mol. The van der Waals surface area contributed by atoms with E-state index in [4.69, 9.17) is 4.74 Å². The Balaban J connectivity index is 1.66. The van der Waals surface area contributed by atoms with Crippen molar-refractivity contribution >= 4 is 46.5 Å². The standard InChI is InChI=1S/C24H30N6O4S/c1-3-30-21(31)20(35-22(30)19(15-25)23(32)34-4-2)16-27-17-7-9-18(10-8-17)28-24(33)26-11-14-29-12-5-6-13-29/h7-10,16,27H,3-6,11-14H2,1-2H3,(H2,26,28,33)/b20-16-,22-19-. The third kappa shape index (κ3) is 6.94. The second-order valence-electron chi connectivity index (χ2n) is 7.82. The summed E-state index contributed by atoms with van der Waals surface area (Å²) >= 11 is 1.05. The summed E-state index contributed by atoms with van der Waals surface area (Å²) in [6.07, 6.45) is 3.98. The number of benzene rings is 1. The van der Waals surface area contributed by atoms with Gasteiger partial charge in [0.05, 0.1) is 6.61 Å². The number of thiazole rings is 1. The molecule has 1 aromatic carbocycles. The molecule has 0 saturated carbocycles. The maximum atomic E-state index is 12.8. The lowest BCUT2D eigenvalue weighted by Gasteiger charge is -2.15. The number of aromatic nitrogens is 1. The average Bonchev–Trinajstić information content (AvgIpc) is 3.47. The van der Waals surface area contributed by atoms with Crippen LogP contribution in [0.1, 0.15) is 26.7 Å². The number of carbonyl (C=O) groups excluding carboxylic acids is 2. The SMILES string of the molecule is CCOC(=O)/C(C#N)=c1\s/c(=C\Nc2ccc(NC(=O)NCCN3CCCC3)cc2)c(=O)n1CC. The van der Waals surface area contributed by atoms with Gasteiger partial charge in [-0.2, -0.15) is 5.26 Å². The Morgan fingerprint density at radius 2 is 1.86 bits per heavy atom. The number of anilines is 2. The number of nitriles is 1. The maximum Gasteiger partial charge on any atom is 0.351 e. The molecule has 35 heavy (non-hydrogen) atoms. The van der Waals surface area contributed by atoms with Gasteiger partial charge in [-0.05, 0) is 64.0 Å². The minimum atomic E-state index is -0.749. The van der Waals surface area contributed by atoms with Gasteiger partial charge in [0.2, 0.25) is 0 Å². The van der Waals surface area contributed by atoms with E-state index in [1.807, 2.05) is 6.07 Å². The van der Waals surface area contributed by atoms with Crippen molar-refractivity contribution in [3.63, 3.8) is 0 Å². The van der Waals surface area contributed by atoms with E-state index in [0.29, 0.717) is 29.0 Å². The number of esters is 1. The Morgan fingerprint density at radius 1 is 1.17 bits per heavy atom. The molecule has 1 saturated heterocycles. The highest BCUT2D eigenvalue weighted by Crippen LogP contribution is 2.13. The summed E-state index contributed by atoms with van der Waals surface area (Å²) in [5.74, 6) is -0.749. The first-order valence-electron chi connectivity index (χ1n) is 11.6. The molecule has 2 aromatic rings. The lowest BCUT2D eigenvalue weighted by atomic mass is 10.3. The Hall–Kier alpha value is -3.62. The topological polar surface area (TPSA) is 128 Å². The highest BCUT2D eigenvalue weighted by molar-refractivity contribution is 7.07. The van der Waals surface area contributed by atoms with Crippen molar-refractivity contribution in [2.75, 3.05) is 43.4 Å². The molecule has 1 aromatic heterocycles. The zero-order chi connectivity index (χ0) is 25.2. The molecule has 2 amide bonds. The molecular weight excluding hydrogens is 468 g/mol. The van der Waals surface area contributed by atoms with Gasteiger partial charge in [-0.25, -0.2) is 9.59 Å². The Labute approximate surface area is 207 Å². The zero-order valence-corrected chi connectivity index (χ0v) is 20.7. The van der Waals surface area contributed by atoms with Crippen LogP contribution in [0.15, 0.2) is 29.1 Å². The van der Waals surface area contributed by atoms with Gasteiger partial charge in [-0.3, -0.25) is 9.36 Å². The molecule has 0 radical (unpaired) electrons. The number of amides is 2. The molecule has 10 nitrogen and oxygen atoms in total. The summed E-state index contributed by atoms with van der Waals surface area (Å²) in [4.78, 5) is 39.3. The van der Waals surface area contributed by atoms with Gasteiger partial charge in [0, 0.05) is 37.2 Å². The number of hydrogen-bond acceptors (Lipinski definition) is 8. The summed E-state index contributed by atoms with van der Waals surface area (Å²) in [5.41, 5.74) is 0.853. The molecule has 1 aliphatic rings. The van der Waals surface area contributed by atoms with Gasteiger partial charge >= 0.3 is 12.0 Å². The third-order valence-electron chi connectivity index (χ3n) is 5.45. The van der Waals surface area contributed by atoms with E-state index in [-0.39, 0.29) is 28.4 Å². The first-order valence-corrected chi connectivity index (χ1v) is 12.4. The number of likely N-dealkylation sites (tertiary alicyclic amines) is 1. The predicted molar refractivity (Wildman–Crippen MR) is 136 cm³/mol. The van der Waals surface area contributed by atoms with Crippen LogP contribution in [-0.2, 0) is 16.1 Å². The quantitative estimate of drug-likeness (QED) is 0.444. The number of carbonyl (C=O) groups is 2. The van der Waals surface area contributed by atoms with E-state index in [9.17, 15) is 19.6 Å². The smallest absolute Gasteiger partial charge is 0.351 e. The van der Waals surface area contributed by atoms with Crippen LogP contribution in [-0.4, -0.2) is 54.3 Å². The zero-order valence-electron chi connectivity index (χ0n) is 19.9. The Morgan fingerprint density at radius 3 is 2.49 bits per heavy atom. The van der Waals surface area contributed by atoms with E-state index in [0.717, 1.165) is 31.0 Å². The van der Waals surface area contributed by atoms with Gasteiger partial charge in [-0.1, -0.05) is 0 Å². The molecule has 11 heteroatoms. The predicted octanol–water partition coefficient (Wildman–Crippen LogP) is 1.23. The van der Waals surface area contributed by atoms with Gasteiger partial charge in [-0.15, -0.1) is 11.3 Å². The highest BCUT2D eigenvalue weighted by Gasteiger charge is 2.16. The molecule has 3 N–H and O–H groups in total. The fourth-order valence-electron chi connectivity index (χ4n) is 3.68. The number of hydrogen-bond donors (Lipinski definition) is 3. The largest absolute Gasteiger partial charge is 0.462 e. The summed E-state index contributed by atoms with van der Waals surface area (Å²) in [5, 5.41) is 18.1. The lowest BCUT2D eigenvalue weighted by Crippen LogP contribution is -2.35. The first kappa shape index (κ1) is 26.0. The summed E-state index contributed by atoms with van der Waals surface area (Å²) in [6, 6.07) is 8.65. The summed E-state index contributed by atoms with van der Waals surface area (Å²) in [7, 11) is 0. The molecule has 2 heterocycles. The first-order chi connectivity index (χ1) is 17.0. The Bertz CT molecular complexity index is 1250. The molecule has 0 atom stereocenters. The van der Waals surface area contributed by atoms with Crippen molar-refractivity contribution in [1.29, 1.82) is 5.26 Å². The number of nitrogens with zero attached hydrogens (tertiary/aromatic N) is 3. The van der Waals surface area contributed by atoms with E-state index < -0.39 is 5.97 Å². The van der Waals surface area contributed by atoms with Crippen molar-refractivity contribution in [3.05, 3.63) is 43.8 Å². The minimum Gasteiger partial charge on any atom is -0.462 e. The lowest BCUT2D eigenvalue weighted by molar-refractivity contribution is -0.136. The van der Waals surface area contributed by atoms with Crippen LogP contribution in [0.5, 0.6) is 0 Å². The second kappa shape index (κ2) is 12.7. The van der Waals surface area contributed by atoms with E-state index in [1.165, 1.54) is 23.6 Å². The van der Waals surface area contributed by atoms with Crippen molar-refractivity contribution in [3.8, 4) is 6.07 Å². The highest BCUT2D eigenvalue weighted by atomic mass is 32.1. The number of rotatable bonds is 9. The van der Waals surface area contributed by atoms with E-state index >= 15 is 0 Å². The molecule has 3 rings (SSSR count). The molecule has 1 aliphatic heterocycles. The van der Waals surface area contributed by atoms with Crippen LogP contribution in [0, 0.1) is 11.3 Å². The van der Waals surface area contributed by atoms with Crippen molar-refractivity contribution in [1.82, 2.24) is 14.8 Å². The second-order valence-corrected chi connectivity index (χ2v) is 8.85. The van der Waals surface area contributed by atoms with Crippen molar-refractivity contribution in [2.24, 2.45) is 0 Å². The molecule has 186 valence electrons. The van der Waals surface area contributed by atoms with Crippen molar-refractivity contribution in [2.45, 2.75) is 33.2 Å². The van der Waals surface area contributed by atoms with Crippen LogP contribution in [0.4, 0.5) is 16.2 Å². The van der Waals surface area contributed by atoms with Crippen LogP contribution in [0.3, 0.4) is 0 Å². The monoisotopic (exact) mass is 498 g/mol. The van der Waals surface area contributed by atoms with Gasteiger partial charge in [0.15, 0.2) is 5.57 Å². The summed E-state index contributed by atoms with van der Waals surface area (Å²) < 4.78 is 6.93. The maximum absolute atomic E-state index is 12.8. The van der Waals surface area contributed by atoms with Gasteiger partial charge in [0.25, 0.3) is 5.56 Å². The van der Waals surface area contributed by atoms with Crippen molar-refractivity contribution < 1.29 is 14.3 Å². The van der Waals surface area contributed by atoms with E-state index in [1.54, 1.807) is 38.1 Å². The fraction of sp³-hybridized carbons (Fsp3) is 0.417. The van der Waals surface area contributed by atoms with Crippen LogP contribution in [0.2, 0.25) is 0 Å². The number of urea groups is 1. The third-order valence-corrected chi connectivity index (χ3v) is 6.58. The van der Waals surface area contributed by atoms with Crippen LogP contribution < -0.4 is 30.7 Å². The molecule has 0 aliphatic carbocycles. The van der Waals surface area contributed by atoms with E-state index in [2.05, 4.69) is 20.9 Å². The number of nitrogens with one attached hydrogen (secondary N) is 3.